The van der Waals surface area contributed by atoms with E-state index in [1.807, 2.05) is 0 Å². The Morgan fingerprint density at radius 3 is 3.28 bits per heavy atom. The van der Waals surface area contributed by atoms with Gasteiger partial charge in [-0.1, -0.05) is 0 Å². The van der Waals surface area contributed by atoms with E-state index in [0.717, 1.165) is 12.8 Å². The summed E-state index contributed by atoms with van der Waals surface area (Å²) in [4.78, 5) is 15.9. The summed E-state index contributed by atoms with van der Waals surface area (Å²) in [6, 6.07) is 0. The van der Waals surface area contributed by atoms with Crippen LogP contribution in [-0.4, -0.2) is 38.2 Å². The largest absolute Gasteiger partial charge is 0.368 e. The van der Waals surface area contributed by atoms with Crippen LogP contribution < -0.4 is 5.32 Å². The molecule has 7 nitrogen and oxygen atoms in total. The van der Waals surface area contributed by atoms with Gasteiger partial charge in [0.2, 0.25) is 5.28 Å². The third-order valence-electron chi connectivity index (χ3n) is 2.77. The second kappa shape index (κ2) is 4.51. The third kappa shape index (κ3) is 1.91. The van der Waals surface area contributed by atoms with Gasteiger partial charge in [0.1, 0.15) is 18.1 Å². The number of anilines is 1. The smallest absolute Gasteiger partial charge is 0.253 e. The first-order valence-electron chi connectivity index (χ1n) is 5.52. The van der Waals surface area contributed by atoms with Crippen molar-refractivity contribution in [2.75, 3.05) is 11.9 Å². The maximum absolute atomic E-state index is 11.9. The number of ether oxygens (including phenoxy) is 1. The van der Waals surface area contributed by atoms with E-state index in [-0.39, 0.29) is 11.2 Å². The summed E-state index contributed by atoms with van der Waals surface area (Å²) in [6.07, 6.45) is 4.13. The zero-order valence-corrected chi connectivity index (χ0v) is 10.1. The van der Waals surface area contributed by atoms with E-state index < -0.39 is 6.10 Å². The minimum Gasteiger partial charge on any atom is -0.368 e. The molecule has 2 aromatic rings. The number of fused-ring (bicyclic) bond motifs is 1. The van der Waals surface area contributed by atoms with E-state index in [1.54, 1.807) is 0 Å². The second-order valence-corrected chi connectivity index (χ2v) is 4.29. The lowest BCUT2D eigenvalue weighted by Gasteiger charge is -2.10. The molecule has 0 aromatic carbocycles. The molecule has 1 atom stereocenters. The first kappa shape index (κ1) is 11.4. The fourth-order valence-corrected chi connectivity index (χ4v) is 2.05. The molecule has 0 saturated carbocycles. The molecule has 3 heterocycles. The quantitative estimate of drug-likeness (QED) is 0.818. The van der Waals surface area contributed by atoms with Gasteiger partial charge < -0.3 is 10.1 Å². The summed E-state index contributed by atoms with van der Waals surface area (Å²) in [6.45, 7) is 0.622. The van der Waals surface area contributed by atoms with Gasteiger partial charge in [-0.15, -0.1) is 10.2 Å². The Labute approximate surface area is 107 Å². The Bertz CT molecular complexity index is 593. The molecule has 1 amide bonds. The van der Waals surface area contributed by atoms with Crippen molar-refractivity contribution in [3.8, 4) is 0 Å². The summed E-state index contributed by atoms with van der Waals surface area (Å²) in [5.74, 6) is -0.193. The zero-order chi connectivity index (χ0) is 12.5. The van der Waals surface area contributed by atoms with Crippen LogP contribution >= 0.6 is 11.6 Å². The van der Waals surface area contributed by atoms with Crippen molar-refractivity contribution in [3.05, 3.63) is 17.8 Å². The minimum atomic E-state index is -0.399. The van der Waals surface area contributed by atoms with E-state index in [9.17, 15) is 4.79 Å². The van der Waals surface area contributed by atoms with Gasteiger partial charge in [-0.25, -0.2) is 4.98 Å². The van der Waals surface area contributed by atoms with Gasteiger partial charge in [-0.05, 0) is 24.4 Å². The molecular formula is C10H10ClN5O2. The Kier molecular flexibility index (Phi) is 2.85. The molecule has 18 heavy (non-hydrogen) atoms. The zero-order valence-electron chi connectivity index (χ0n) is 9.34. The highest BCUT2D eigenvalue weighted by Gasteiger charge is 2.24. The van der Waals surface area contributed by atoms with Gasteiger partial charge in [-0.2, -0.15) is 0 Å². The number of aromatic nitrogens is 4. The van der Waals surface area contributed by atoms with Crippen LogP contribution in [0.25, 0.3) is 5.65 Å². The van der Waals surface area contributed by atoms with Crippen LogP contribution in [0, 0.1) is 0 Å². The summed E-state index contributed by atoms with van der Waals surface area (Å²) in [5, 5.41) is 10.6. The summed E-state index contributed by atoms with van der Waals surface area (Å²) < 4.78 is 6.80. The van der Waals surface area contributed by atoms with Crippen molar-refractivity contribution in [2.45, 2.75) is 18.9 Å². The van der Waals surface area contributed by atoms with Gasteiger partial charge >= 0.3 is 0 Å². The molecule has 1 aliphatic rings. The summed E-state index contributed by atoms with van der Waals surface area (Å²) >= 11 is 5.87. The standard InChI is InChI=1S/C10H10ClN5O2/c11-10-12-4-6(8-15-13-5-16(8)10)14-9(17)7-2-1-3-18-7/h4-5,7H,1-3H2,(H,14,17). The predicted molar refractivity (Wildman–Crippen MR) is 63.4 cm³/mol. The maximum Gasteiger partial charge on any atom is 0.253 e. The van der Waals surface area contributed by atoms with Crippen LogP contribution in [0.3, 0.4) is 0 Å². The number of carbonyl (C=O) groups is 1. The van der Waals surface area contributed by atoms with Crippen molar-refractivity contribution in [1.82, 2.24) is 19.6 Å². The topological polar surface area (TPSA) is 81.4 Å². The van der Waals surface area contributed by atoms with Crippen LogP contribution in [0.4, 0.5) is 5.69 Å². The van der Waals surface area contributed by atoms with Gasteiger partial charge in [0.15, 0.2) is 5.65 Å². The lowest BCUT2D eigenvalue weighted by Crippen LogP contribution is -2.27. The second-order valence-electron chi connectivity index (χ2n) is 3.96. The average molecular weight is 268 g/mol. The molecule has 3 rings (SSSR count). The van der Waals surface area contributed by atoms with E-state index in [4.69, 9.17) is 16.3 Å². The first-order chi connectivity index (χ1) is 8.75. The van der Waals surface area contributed by atoms with Crippen LogP contribution in [-0.2, 0) is 9.53 Å². The highest BCUT2D eigenvalue weighted by atomic mass is 35.5. The monoisotopic (exact) mass is 267 g/mol. The lowest BCUT2D eigenvalue weighted by atomic mass is 10.2. The molecule has 0 radical (unpaired) electrons. The van der Waals surface area contributed by atoms with Crippen LogP contribution in [0.2, 0.25) is 5.28 Å². The molecule has 8 heteroatoms. The van der Waals surface area contributed by atoms with Crippen LogP contribution in [0.1, 0.15) is 12.8 Å². The molecule has 0 spiro atoms. The lowest BCUT2D eigenvalue weighted by molar-refractivity contribution is -0.124. The molecule has 1 unspecified atom stereocenters. The summed E-state index contributed by atoms with van der Waals surface area (Å²) in [5.41, 5.74) is 0.929. The molecule has 94 valence electrons. The Hall–Kier alpha value is -1.73. The van der Waals surface area contributed by atoms with Gasteiger partial charge in [-0.3, -0.25) is 9.20 Å². The van der Waals surface area contributed by atoms with Gasteiger partial charge in [0.25, 0.3) is 5.91 Å². The molecule has 2 aromatic heterocycles. The van der Waals surface area contributed by atoms with Crippen molar-refractivity contribution in [2.24, 2.45) is 0 Å². The fraction of sp³-hybridized carbons (Fsp3) is 0.400. The van der Waals surface area contributed by atoms with E-state index >= 15 is 0 Å². The number of rotatable bonds is 2. The first-order valence-corrected chi connectivity index (χ1v) is 5.90. The SMILES string of the molecule is O=C(Nc1cnc(Cl)n2cnnc12)C1CCCO1. The third-order valence-corrected chi connectivity index (χ3v) is 3.05. The van der Waals surface area contributed by atoms with E-state index in [0.29, 0.717) is 17.9 Å². The van der Waals surface area contributed by atoms with Crippen molar-refractivity contribution in [3.63, 3.8) is 0 Å². The van der Waals surface area contributed by atoms with Crippen molar-refractivity contribution >= 4 is 28.8 Å². The number of carbonyl (C=O) groups excluding carboxylic acids is 1. The van der Waals surface area contributed by atoms with Gasteiger partial charge in [0, 0.05) is 6.61 Å². The number of nitrogens with one attached hydrogen (secondary N) is 1. The van der Waals surface area contributed by atoms with Crippen molar-refractivity contribution in [1.29, 1.82) is 0 Å². The van der Waals surface area contributed by atoms with Crippen LogP contribution in [0.5, 0.6) is 0 Å². The number of nitrogens with zero attached hydrogens (tertiary/aromatic N) is 4. The molecular weight excluding hydrogens is 258 g/mol. The van der Waals surface area contributed by atoms with Crippen LogP contribution in [0.15, 0.2) is 12.5 Å². The minimum absolute atomic E-state index is 0.193. The molecule has 0 bridgehead atoms. The Balaban J connectivity index is 1.88. The Morgan fingerprint density at radius 2 is 2.50 bits per heavy atom. The summed E-state index contributed by atoms with van der Waals surface area (Å²) in [7, 11) is 0. The number of halogens is 1. The average Bonchev–Trinajstić information content (AvgIpc) is 3.01. The molecule has 1 saturated heterocycles. The fourth-order valence-electron chi connectivity index (χ4n) is 1.88. The highest BCUT2D eigenvalue weighted by Crippen LogP contribution is 2.19. The number of hydrogen-bond acceptors (Lipinski definition) is 5. The van der Waals surface area contributed by atoms with Crippen molar-refractivity contribution < 1.29 is 9.53 Å². The van der Waals surface area contributed by atoms with E-state index in [2.05, 4.69) is 20.5 Å². The Morgan fingerprint density at radius 1 is 1.61 bits per heavy atom. The number of amides is 1. The van der Waals surface area contributed by atoms with E-state index in [1.165, 1.54) is 16.9 Å². The highest BCUT2D eigenvalue weighted by molar-refractivity contribution is 6.28. The maximum atomic E-state index is 11.9. The molecule has 0 aliphatic carbocycles. The molecule has 1 fully saturated rings. The molecule has 1 aliphatic heterocycles. The van der Waals surface area contributed by atoms with Gasteiger partial charge in [0.05, 0.1) is 6.20 Å². The molecule has 1 N–H and O–H groups in total. The normalized spacial score (nSPS) is 19.3. The predicted octanol–water partition coefficient (Wildman–Crippen LogP) is 0.895. The number of hydrogen-bond donors (Lipinski definition) is 1.